The van der Waals surface area contributed by atoms with E-state index in [4.69, 9.17) is 16.3 Å². The standard InChI is InChI=1S/C16H16ClN5O/c17-11-3-5-13(6-4-11)23-8-12-2-1-7-22(12)16-14-15(19-9-18-14)20-10-21-16/h3-6,9-10,12H,1-2,7-8H2,(H,18,19,20,21). The number of nitrogens with zero attached hydrogens (tertiary/aromatic N) is 4. The summed E-state index contributed by atoms with van der Waals surface area (Å²) in [6, 6.07) is 7.72. The van der Waals surface area contributed by atoms with Crippen molar-refractivity contribution in [1.82, 2.24) is 19.9 Å². The highest BCUT2D eigenvalue weighted by atomic mass is 35.5. The predicted molar refractivity (Wildman–Crippen MR) is 89.0 cm³/mol. The second-order valence-corrected chi connectivity index (χ2v) is 5.99. The van der Waals surface area contributed by atoms with Gasteiger partial charge in [-0.2, -0.15) is 0 Å². The fourth-order valence-electron chi connectivity index (χ4n) is 2.97. The summed E-state index contributed by atoms with van der Waals surface area (Å²) in [7, 11) is 0. The Morgan fingerprint density at radius 1 is 1.22 bits per heavy atom. The van der Waals surface area contributed by atoms with E-state index in [0.29, 0.717) is 11.6 Å². The normalized spacial score (nSPS) is 17.8. The van der Waals surface area contributed by atoms with Gasteiger partial charge in [0.05, 0.1) is 12.4 Å². The Kier molecular flexibility index (Phi) is 3.75. The summed E-state index contributed by atoms with van der Waals surface area (Å²) in [5.74, 6) is 1.70. The van der Waals surface area contributed by atoms with Gasteiger partial charge in [0, 0.05) is 11.6 Å². The average Bonchev–Trinajstić information content (AvgIpc) is 3.23. The molecule has 0 radical (unpaired) electrons. The van der Waals surface area contributed by atoms with E-state index >= 15 is 0 Å². The van der Waals surface area contributed by atoms with Gasteiger partial charge in [-0.05, 0) is 37.1 Å². The molecule has 0 bridgehead atoms. The van der Waals surface area contributed by atoms with Gasteiger partial charge in [-0.25, -0.2) is 15.0 Å². The lowest BCUT2D eigenvalue weighted by Crippen LogP contribution is -2.35. The van der Waals surface area contributed by atoms with Gasteiger partial charge in [0.15, 0.2) is 11.5 Å². The van der Waals surface area contributed by atoms with Crippen molar-refractivity contribution in [2.75, 3.05) is 18.1 Å². The zero-order valence-corrected chi connectivity index (χ0v) is 13.2. The first kappa shape index (κ1) is 14.3. The van der Waals surface area contributed by atoms with Crippen LogP contribution in [0.3, 0.4) is 0 Å². The second kappa shape index (κ2) is 6.04. The Hall–Kier alpha value is -2.34. The van der Waals surface area contributed by atoms with Gasteiger partial charge in [-0.15, -0.1) is 0 Å². The Labute approximate surface area is 138 Å². The Morgan fingerprint density at radius 3 is 2.96 bits per heavy atom. The second-order valence-electron chi connectivity index (χ2n) is 5.55. The number of hydrogen-bond donors (Lipinski definition) is 1. The Balaban J connectivity index is 1.52. The molecular weight excluding hydrogens is 314 g/mol. The van der Waals surface area contributed by atoms with E-state index in [1.807, 2.05) is 24.3 Å². The van der Waals surface area contributed by atoms with Crippen molar-refractivity contribution >= 4 is 28.6 Å². The van der Waals surface area contributed by atoms with E-state index in [-0.39, 0.29) is 6.04 Å². The van der Waals surface area contributed by atoms with Gasteiger partial charge in [0.2, 0.25) is 0 Å². The van der Waals surface area contributed by atoms with Crippen LogP contribution in [0.2, 0.25) is 5.02 Å². The molecule has 1 saturated heterocycles. The monoisotopic (exact) mass is 329 g/mol. The molecule has 1 aliphatic heterocycles. The van der Waals surface area contributed by atoms with Gasteiger partial charge in [0.25, 0.3) is 0 Å². The average molecular weight is 330 g/mol. The number of aromatic amines is 1. The summed E-state index contributed by atoms with van der Waals surface area (Å²) >= 11 is 5.90. The number of halogens is 1. The molecule has 1 aliphatic rings. The first-order valence-corrected chi connectivity index (χ1v) is 7.98. The zero-order valence-electron chi connectivity index (χ0n) is 12.4. The lowest BCUT2D eigenvalue weighted by Gasteiger charge is -2.25. The molecule has 0 aliphatic carbocycles. The maximum absolute atomic E-state index is 5.92. The molecule has 1 N–H and O–H groups in total. The fourth-order valence-corrected chi connectivity index (χ4v) is 3.10. The van der Waals surface area contributed by atoms with Crippen LogP contribution in [0.5, 0.6) is 5.75 Å². The maximum atomic E-state index is 5.92. The third kappa shape index (κ3) is 2.82. The van der Waals surface area contributed by atoms with Crippen molar-refractivity contribution in [2.45, 2.75) is 18.9 Å². The molecule has 2 aromatic heterocycles. The molecule has 118 valence electrons. The van der Waals surface area contributed by atoms with E-state index in [2.05, 4.69) is 24.8 Å². The summed E-state index contributed by atoms with van der Waals surface area (Å²) in [5, 5.41) is 0.710. The fraction of sp³-hybridized carbons (Fsp3) is 0.312. The molecule has 3 aromatic rings. The highest BCUT2D eigenvalue weighted by Crippen LogP contribution is 2.28. The van der Waals surface area contributed by atoms with Crippen LogP contribution in [0.25, 0.3) is 11.2 Å². The van der Waals surface area contributed by atoms with Crippen LogP contribution >= 0.6 is 11.6 Å². The van der Waals surface area contributed by atoms with Crippen LogP contribution in [0, 0.1) is 0 Å². The molecular formula is C16H16ClN5O. The smallest absolute Gasteiger partial charge is 0.162 e. The summed E-state index contributed by atoms with van der Waals surface area (Å²) in [4.78, 5) is 18.3. The number of ether oxygens (including phenoxy) is 1. The SMILES string of the molecule is Clc1ccc(OCC2CCCN2c2ncnc3[nH]cnc23)cc1. The number of rotatable bonds is 4. The van der Waals surface area contributed by atoms with Gasteiger partial charge in [0.1, 0.15) is 24.2 Å². The van der Waals surface area contributed by atoms with Crippen LogP contribution in [0.4, 0.5) is 5.82 Å². The summed E-state index contributed by atoms with van der Waals surface area (Å²) in [6.07, 6.45) is 5.41. The highest BCUT2D eigenvalue weighted by molar-refractivity contribution is 6.30. The van der Waals surface area contributed by atoms with Gasteiger partial charge in [-0.3, -0.25) is 0 Å². The molecule has 1 aromatic carbocycles. The van der Waals surface area contributed by atoms with Gasteiger partial charge >= 0.3 is 0 Å². The van der Waals surface area contributed by atoms with Crippen LogP contribution in [-0.2, 0) is 0 Å². The van der Waals surface area contributed by atoms with E-state index in [1.165, 1.54) is 0 Å². The highest BCUT2D eigenvalue weighted by Gasteiger charge is 2.28. The molecule has 1 unspecified atom stereocenters. The Morgan fingerprint density at radius 2 is 2.09 bits per heavy atom. The largest absolute Gasteiger partial charge is 0.491 e. The van der Waals surface area contributed by atoms with Crippen molar-refractivity contribution < 1.29 is 4.74 Å². The molecule has 7 heteroatoms. The molecule has 0 spiro atoms. The van der Waals surface area contributed by atoms with Crippen molar-refractivity contribution in [3.63, 3.8) is 0 Å². The van der Waals surface area contributed by atoms with Crippen LogP contribution in [0.15, 0.2) is 36.9 Å². The first-order chi connectivity index (χ1) is 11.3. The number of hydrogen-bond acceptors (Lipinski definition) is 5. The van der Waals surface area contributed by atoms with E-state index in [9.17, 15) is 0 Å². The number of imidazole rings is 1. The summed E-state index contributed by atoms with van der Waals surface area (Å²) < 4.78 is 5.92. The molecule has 3 heterocycles. The van der Waals surface area contributed by atoms with Crippen LogP contribution in [0.1, 0.15) is 12.8 Å². The molecule has 0 saturated carbocycles. The number of benzene rings is 1. The number of nitrogens with one attached hydrogen (secondary N) is 1. The first-order valence-electron chi connectivity index (χ1n) is 7.60. The van der Waals surface area contributed by atoms with Crippen molar-refractivity contribution in [1.29, 1.82) is 0 Å². The van der Waals surface area contributed by atoms with E-state index in [0.717, 1.165) is 42.1 Å². The zero-order chi connectivity index (χ0) is 15.6. The summed E-state index contributed by atoms with van der Waals surface area (Å²) in [5.41, 5.74) is 1.57. The lowest BCUT2D eigenvalue weighted by molar-refractivity contribution is 0.288. The Bertz CT molecular complexity index is 804. The predicted octanol–water partition coefficient (Wildman–Crippen LogP) is 3.05. The molecule has 1 atom stereocenters. The van der Waals surface area contributed by atoms with E-state index in [1.54, 1.807) is 12.7 Å². The van der Waals surface area contributed by atoms with Crippen molar-refractivity contribution in [2.24, 2.45) is 0 Å². The molecule has 6 nitrogen and oxygen atoms in total. The van der Waals surface area contributed by atoms with Gasteiger partial charge in [-0.1, -0.05) is 11.6 Å². The van der Waals surface area contributed by atoms with E-state index < -0.39 is 0 Å². The molecule has 4 rings (SSSR count). The third-order valence-corrected chi connectivity index (χ3v) is 4.36. The van der Waals surface area contributed by atoms with Crippen molar-refractivity contribution in [3.8, 4) is 5.75 Å². The number of anilines is 1. The number of fused-ring (bicyclic) bond motifs is 1. The number of aromatic nitrogens is 4. The molecule has 23 heavy (non-hydrogen) atoms. The minimum atomic E-state index is 0.278. The van der Waals surface area contributed by atoms with Crippen LogP contribution in [-0.4, -0.2) is 39.1 Å². The van der Waals surface area contributed by atoms with Gasteiger partial charge < -0.3 is 14.6 Å². The topological polar surface area (TPSA) is 66.9 Å². The quantitative estimate of drug-likeness (QED) is 0.796. The third-order valence-electron chi connectivity index (χ3n) is 4.10. The minimum Gasteiger partial charge on any atom is -0.491 e. The molecule has 0 amide bonds. The van der Waals surface area contributed by atoms with Crippen LogP contribution < -0.4 is 9.64 Å². The number of H-pyrrole nitrogens is 1. The summed E-state index contributed by atoms with van der Waals surface area (Å²) in [6.45, 7) is 1.56. The van der Waals surface area contributed by atoms with Crippen molar-refractivity contribution in [3.05, 3.63) is 41.9 Å². The minimum absolute atomic E-state index is 0.278. The maximum Gasteiger partial charge on any atom is 0.162 e. The molecule has 1 fully saturated rings. The lowest BCUT2D eigenvalue weighted by atomic mass is 10.2.